The highest BCUT2D eigenvalue weighted by molar-refractivity contribution is 5.26. The quantitative estimate of drug-likeness (QED) is 0.425. The standard InChI is InChI=1S/C21H27NO4/c23-12-13-25-15-18(14-17-6-9-19(24)10-7-17)22-21-20(26-21)11-8-16-4-2-1-3-5-16/h1-7,9-10,18,20-24H,8,11-15H2. The summed E-state index contributed by atoms with van der Waals surface area (Å²) in [5.41, 5.74) is 2.45. The van der Waals surface area contributed by atoms with Gasteiger partial charge in [0.25, 0.3) is 0 Å². The first-order valence-corrected chi connectivity index (χ1v) is 9.16. The van der Waals surface area contributed by atoms with Crippen LogP contribution in [0.4, 0.5) is 0 Å². The number of phenolic OH excluding ortho intramolecular Hbond substituents is 1. The predicted molar refractivity (Wildman–Crippen MR) is 100 cm³/mol. The zero-order valence-corrected chi connectivity index (χ0v) is 14.9. The van der Waals surface area contributed by atoms with Crippen molar-refractivity contribution >= 4 is 0 Å². The first-order chi connectivity index (χ1) is 12.7. The number of aryl methyl sites for hydroxylation is 1. The van der Waals surface area contributed by atoms with Gasteiger partial charge in [0.05, 0.1) is 25.9 Å². The van der Waals surface area contributed by atoms with E-state index in [2.05, 4.69) is 29.6 Å². The fourth-order valence-corrected chi connectivity index (χ4v) is 3.07. The summed E-state index contributed by atoms with van der Waals surface area (Å²) in [6.07, 6.45) is 3.06. The second-order valence-corrected chi connectivity index (χ2v) is 6.65. The van der Waals surface area contributed by atoms with Gasteiger partial charge in [-0.2, -0.15) is 0 Å². The Morgan fingerprint density at radius 3 is 2.54 bits per heavy atom. The Balaban J connectivity index is 1.47. The molecular formula is C21H27NO4. The molecule has 1 fully saturated rings. The van der Waals surface area contributed by atoms with Gasteiger partial charge in [-0.1, -0.05) is 42.5 Å². The van der Waals surface area contributed by atoms with Crippen molar-refractivity contribution in [3.63, 3.8) is 0 Å². The van der Waals surface area contributed by atoms with Crippen molar-refractivity contribution < 1.29 is 19.7 Å². The molecule has 3 rings (SSSR count). The number of benzene rings is 2. The Kier molecular flexibility index (Phi) is 7.03. The maximum atomic E-state index is 9.42. The molecule has 0 bridgehead atoms. The third-order valence-electron chi connectivity index (χ3n) is 4.52. The minimum absolute atomic E-state index is 0.0194. The number of rotatable bonds is 11. The summed E-state index contributed by atoms with van der Waals surface area (Å²) >= 11 is 0. The molecule has 1 aliphatic heterocycles. The van der Waals surface area contributed by atoms with Gasteiger partial charge in [-0.15, -0.1) is 0 Å². The SMILES string of the molecule is OCCOCC(Cc1ccc(O)cc1)NC1OC1CCc1ccccc1. The minimum Gasteiger partial charge on any atom is -0.508 e. The maximum Gasteiger partial charge on any atom is 0.135 e. The van der Waals surface area contributed by atoms with Crippen molar-refractivity contribution in [1.29, 1.82) is 0 Å². The van der Waals surface area contributed by atoms with Crippen molar-refractivity contribution in [2.75, 3.05) is 19.8 Å². The molecule has 5 heteroatoms. The summed E-state index contributed by atoms with van der Waals surface area (Å²) in [7, 11) is 0. The van der Waals surface area contributed by atoms with Gasteiger partial charge >= 0.3 is 0 Å². The van der Waals surface area contributed by atoms with E-state index in [0.29, 0.717) is 13.2 Å². The molecule has 1 heterocycles. The summed E-state index contributed by atoms with van der Waals surface area (Å²) < 4.78 is 11.3. The second-order valence-electron chi connectivity index (χ2n) is 6.65. The normalized spacial score (nSPS) is 20.0. The van der Waals surface area contributed by atoms with Gasteiger partial charge in [-0.3, -0.25) is 5.32 Å². The van der Waals surface area contributed by atoms with E-state index >= 15 is 0 Å². The largest absolute Gasteiger partial charge is 0.508 e. The zero-order valence-electron chi connectivity index (χ0n) is 14.9. The lowest BCUT2D eigenvalue weighted by molar-refractivity contribution is 0.0739. The van der Waals surface area contributed by atoms with Gasteiger partial charge in [0.2, 0.25) is 0 Å². The van der Waals surface area contributed by atoms with Crippen LogP contribution in [0.3, 0.4) is 0 Å². The van der Waals surface area contributed by atoms with Crippen molar-refractivity contribution in [2.45, 2.75) is 37.6 Å². The van der Waals surface area contributed by atoms with Crippen LogP contribution in [0.1, 0.15) is 17.5 Å². The number of epoxide rings is 1. The van der Waals surface area contributed by atoms with Crippen LogP contribution in [0.25, 0.3) is 0 Å². The Labute approximate surface area is 154 Å². The van der Waals surface area contributed by atoms with Crippen molar-refractivity contribution in [3.8, 4) is 5.75 Å². The van der Waals surface area contributed by atoms with E-state index in [1.165, 1.54) is 5.56 Å². The average Bonchev–Trinajstić information content (AvgIpc) is 3.41. The number of hydrogen-bond acceptors (Lipinski definition) is 5. The summed E-state index contributed by atoms with van der Waals surface area (Å²) in [5.74, 6) is 0.265. The summed E-state index contributed by atoms with van der Waals surface area (Å²) in [6, 6.07) is 17.7. The van der Waals surface area contributed by atoms with Gasteiger partial charge in [0, 0.05) is 6.04 Å². The molecule has 140 valence electrons. The third kappa shape index (κ3) is 6.11. The lowest BCUT2D eigenvalue weighted by Gasteiger charge is -2.18. The summed E-state index contributed by atoms with van der Waals surface area (Å²) in [6.45, 7) is 0.856. The molecule has 5 nitrogen and oxygen atoms in total. The molecule has 0 spiro atoms. The van der Waals surface area contributed by atoms with E-state index in [1.54, 1.807) is 12.1 Å². The maximum absolute atomic E-state index is 9.42. The van der Waals surface area contributed by atoms with E-state index in [4.69, 9.17) is 14.6 Å². The van der Waals surface area contributed by atoms with Gasteiger partial charge in [-0.05, 0) is 42.5 Å². The molecule has 1 aliphatic rings. The number of aliphatic hydroxyl groups excluding tert-OH is 1. The van der Waals surface area contributed by atoms with Gasteiger partial charge < -0.3 is 19.7 Å². The third-order valence-corrected chi connectivity index (χ3v) is 4.52. The number of ether oxygens (including phenoxy) is 2. The van der Waals surface area contributed by atoms with Gasteiger partial charge in [0.1, 0.15) is 12.0 Å². The van der Waals surface area contributed by atoms with Crippen molar-refractivity contribution in [2.24, 2.45) is 0 Å². The molecule has 0 radical (unpaired) electrons. The van der Waals surface area contributed by atoms with E-state index in [1.807, 2.05) is 18.2 Å². The van der Waals surface area contributed by atoms with Gasteiger partial charge in [-0.25, -0.2) is 0 Å². The number of phenols is 1. The van der Waals surface area contributed by atoms with Crippen LogP contribution in [0, 0.1) is 0 Å². The molecule has 0 amide bonds. The lowest BCUT2D eigenvalue weighted by Crippen LogP contribution is -2.38. The van der Waals surface area contributed by atoms with Crippen LogP contribution in [-0.2, 0) is 22.3 Å². The number of aromatic hydroxyl groups is 1. The molecule has 26 heavy (non-hydrogen) atoms. The average molecular weight is 357 g/mol. The van der Waals surface area contributed by atoms with Gasteiger partial charge in [0.15, 0.2) is 0 Å². The Bertz CT molecular complexity index is 647. The monoisotopic (exact) mass is 357 g/mol. The lowest BCUT2D eigenvalue weighted by atomic mass is 10.1. The molecule has 2 aromatic rings. The highest BCUT2D eigenvalue weighted by Gasteiger charge is 2.39. The zero-order chi connectivity index (χ0) is 18.2. The molecule has 0 aliphatic carbocycles. The predicted octanol–water partition coefficient (Wildman–Crippen LogP) is 2.26. The Morgan fingerprint density at radius 2 is 1.81 bits per heavy atom. The second kappa shape index (κ2) is 9.69. The molecule has 3 atom stereocenters. The summed E-state index contributed by atoms with van der Waals surface area (Å²) in [5, 5.41) is 21.8. The van der Waals surface area contributed by atoms with Crippen molar-refractivity contribution in [1.82, 2.24) is 5.32 Å². The van der Waals surface area contributed by atoms with Crippen LogP contribution < -0.4 is 5.32 Å². The molecule has 0 aromatic heterocycles. The molecule has 1 saturated heterocycles. The highest BCUT2D eigenvalue weighted by Crippen LogP contribution is 2.25. The fourth-order valence-electron chi connectivity index (χ4n) is 3.07. The summed E-state index contributed by atoms with van der Waals surface area (Å²) in [4.78, 5) is 0. The molecule has 2 aromatic carbocycles. The molecule has 0 saturated carbocycles. The van der Waals surface area contributed by atoms with E-state index < -0.39 is 0 Å². The van der Waals surface area contributed by atoms with Crippen LogP contribution >= 0.6 is 0 Å². The van der Waals surface area contributed by atoms with Crippen LogP contribution in [0.5, 0.6) is 5.75 Å². The molecular weight excluding hydrogens is 330 g/mol. The first-order valence-electron chi connectivity index (χ1n) is 9.16. The van der Waals surface area contributed by atoms with Crippen molar-refractivity contribution in [3.05, 3.63) is 65.7 Å². The van der Waals surface area contributed by atoms with E-state index in [0.717, 1.165) is 24.8 Å². The van der Waals surface area contributed by atoms with E-state index in [9.17, 15) is 5.11 Å². The molecule has 3 unspecified atom stereocenters. The van der Waals surface area contributed by atoms with Crippen LogP contribution in [-0.4, -0.2) is 48.4 Å². The van der Waals surface area contributed by atoms with Crippen LogP contribution in [0.15, 0.2) is 54.6 Å². The number of aliphatic hydroxyl groups is 1. The minimum atomic E-state index is 0.0194. The Morgan fingerprint density at radius 1 is 1.04 bits per heavy atom. The fraction of sp³-hybridized carbons (Fsp3) is 0.429. The number of hydrogen-bond donors (Lipinski definition) is 3. The molecule has 3 N–H and O–H groups in total. The first kappa shape index (κ1) is 18.9. The topological polar surface area (TPSA) is 74.2 Å². The van der Waals surface area contributed by atoms with E-state index in [-0.39, 0.29) is 30.7 Å². The van der Waals surface area contributed by atoms with Crippen LogP contribution in [0.2, 0.25) is 0 Å². The smallest absolute Gasteiger partial charge is 0.135 e. The Hall–Kier alpha value is -1.92. The number of nitrogens with one attached hydrogen (secondary N) is 1. The highest BCUT2D eigenvalue weighted by atomic mass is 16.6.